The molecule has 0 aliphatic carbocycles. The zero-order valence-corrected chi connectivity index (χ0v) is 14.2. The molecule has 1 aliphatic rings. The average Bonchev–Trinajstić information content (AvgIpc) is 3.10. The second-order valence-electron chi connectivity index (χ2n) is 5.64. The Morgan fingerprint density at radius 1 is 1.16 bits per heavy atom. The lowest BCUT2D eigenvalue weighted by Crippen LogP contribution is -2.40. The Labute approximate surface area is 148 Å². The van der Waals surface area contributed by atoms with E-state index >= 15 is 0 Å². The van der Waals surface area contributed by atoms with Gasteiger partial charge in [-0.1, -0.05) is 42.0 Å². The highest BCUT2D eigenvalue weighted by atomic mass is 32.1. The minimum absolute atomic E-state index is 0.159. The number of nitrogens with one attached hydrogen (secondary N) is 1. The molecule has 0 radical (unpaired) electrons. The van der Waals surface area contributed by atoms with Crippen molar-refractivity contribution in [1.29, 1.82) is 0 Å². The molecule has 0 fully saturated rings. The number of carbonyl (C=O) groups is 1. The minimum Gasteiger partial charge on any atom is -0.485 e. The molecule has 126 valence electrons. The molecule has 0 saturated carbocycles. The Kier molecular flexibility index (Phi) is 4.07. The number of amides is 1. The summed E-state index contributed by atoms with van der Waals surface area (Å²) in [6, 6.07) is 15.2. The van der Waals surface area contributed by atoms with Gasteiger partial charge in [-0.15, -0.1) is 0 Å². The third kappa shape index (κ3) is 3.32. The van der Waals surface area contributed by atoms with Gasteiger partial charge in [0.2, 0.25) is 11.2 Å². The van der Waals surface area contributed by atoms with Crippen LogP contribution in [0.3, 0.4) is 0 Å². The van der Waals surface area contributed by atoms with Crippen molar-refractivity contribution in [3.63, 3.8) is 0 Å². The summed E-state index contributed by atoms with van der Waals surface area (Å²) in [6.07, 6.45) is -0.721. The monoisotopic (exact) mass is 353 g/mol. The second kappa shape index (κ2) is 6.52. The van der Waals surface area contributed by atoms with E-state index in [1.54, 1.807) is 6.07 Å². The van der Waals surface area contributed by atoms with Gasteiger partial charge in [0, 0.05) is 17.1 Å². The Hall–Kier alpha value is -2.93. The first-order valence-corrected chi connectivity index (χ1v) is 8.56. The number of aryl methyl sites for hydroxylation is 1. The first-order valence-electron chi connectivity index (χ1n) is 7.79. The summed E-state index contributed by atoms with van der Waals surface area (Å²) >= 11 is 1.14. The predicted molar refractivity (Wildman–Crippen MR) is 95.1 cm³/mol. The Balaban J connectivity index is 1.44. The Bertz CT molecular complexity index is 908. The van der Waals surface area contributed by atoms with Crippen molar-refractivity contribution in [2.24, 2.45) is 0 Å². The lowest BCUT2D eigenvalue weighted by atomic mass is 10.1. The normalized spacial score (nSPS) is 15.6. The summed E-state index contributed by atoms with van der Waals surface area (Å²) < 4.78 is 15.5. The topological polar surface area (TPSA) is 73.3 Å². The third-order valence-corrected chi connectivity index (χ3v) is 4.40. The third-order valence-electron chi connectivity index (χ3n) is 3.77. The van der Waals surface area contributed by atoms with E-state index in [0.717, 1.165) is 17.1 Å². The van der Waals surface area contributed by atoms with E-state index in [2.05, 4.69) is 14.7 Å². The van der Waals surface area contributed by atoms with Crippen LogP contribution in [0.5, 0.6) is 11.5 Å². The number of ether oxygens (including phenoxy) is 2. The van der Waals surface area contributed by atoms with Crippen molar-refractivity contribution < 1.29 is 14.3 Å². The first kappa shape index (κ1) is 15.6. The molecule has 1 amide bonds. The van der Waals surface area contributed by atoms with Crippen molar-refractivity contribution in [1.82, 2.24) is 9.36 Å². The van der Waals surface area contributed by atoms with Crippen molar-refractivity contribution in [2.45, 2.75) is 13.0 Å². The second-order valence-corrected chi connectivity index (χ2v) is 6.39. The van der Waals surface area contributed by atoms with Gasteiger partial charge in [0.05, 0.1) is 0 Å². The van der Waals surface area contributed by atoms with Crippen LogP contribution in [-0.2, 0) is 4.79 Å². The lowest BCUT2D eigenvalue weighted by Gasteiger charge is -2.25. The molecule has 0 bridgehead atoms. The highest BCUT2D eigenvalue weighted by Crippen LogP contribution is 2.31. The summed E-state index contributed by atoms with van der Waals surface area (Å²) in [6.45, 7) is 2.18. The van der Waals surface area contributed by atoms with Crippen LogP contribution in [0.2, 0.25) is 0 Å². The molecule has 1 N–H and O–H groups in total. The quantitative estimate of drug-likeness (QED) is 0.782. The van der Waals surface area contributed by atoms with E-state index < -0.39 is 6.10 Å². The molecular weight excluding hydrogens is 338 g/mol. The van der Waals surface area contributed by atoms with Gasteiger partial charge in [0.15, 0.2) is 17.3 Å². The minimum atomic E-state index is -0.721. The number of aromatic nitrogens is 2. The van der Waals surface area contributed by atoms with E-state index in [1.807, 2.05) is 49.4 Å². The van der Waals surface area contributed by atoms with Gasteiger partial charge >= 0.3 is 0 Å². The smallest absolute Gasteiger partial charge is 0.270 e. The number of para-hydroxylation sites is 2. The van der Waals surface area contributed by atoms with E-state index in [-0.39, 0.29) is 12.5 Å². The van der Waals surface area contributed by atoms with Gasteiger partial charge < -0.3 is 9.47 Å². The number of nitrogens with zero attached hydrogens (tertiary/aromatic N) is 2. The summed E-state index contributed by atoms with van der Waals surface area (Å²) in [4.78, 5) is 16.8. The molecule has 1 aromatic heterocycles. The molecule has 25 heavy (non-hydrogen) atoms. The van der Waals surface area contributed by atoms with E-state index in [4.69, 9.17) is 9.47 Å². The van der Waals surface area contributed by atoms with Crippen LogP contribution in [0.1, 0.15) is 5.56 Å². The van der Waals surface area contributed by atoms with E-state index in [9.17, 15) is 4.79 Å². The fourth-order valence-corrected chi connectivity index (χ4v) is 3.02. The molecule has 3 aromatic rings. The molecule has 2 heterocycles. The van der Waals surface area contributed by atoms with Crippen molar-refractivity contribution in [3.8, 4) is 22.9 Å². The molecule has 0 spiro atoms. The van der Waals surface area contributed by atoms with Crippen LogP contribution in [0, 0.1) is 6.92 Å². The summed E-state index contributed by atoms with van der Waals surface area (Å²) in [5.74, 6) is 1.49. The molecule has 6 nitrogen and oxygen atoms in total. The van der Waals surface area contributed by atoms with E-state index in [0.29, 0.717) is 22.5 Å². The predicted octanol–water partition coefficient (Wildman–Crippen LogP) is 3.29. The van der Waals surface area contributed by atoms with Gasteiger partial charge in [-0.25, -0.2) is 0 Å². The van der Waals surface area contributed by atoms with Crippen LogP contribution in [0.25, 0.3) is 11.4 Å². The van der Waals surface area contributed by atoms with Gasteiger partial charge in [0.1, 0.15) is 6.61 Å². The Morgan fingerprint density at radius 2 is 1.92 bits per heavy atom. The highest BCUT2D eigenvalue weighted by Gasteiger charge is 2.28. The maximum Gasteiger partial charge on any atom is 0.270 e. The fourth-order valence-electron chi connectivity index (χ4n) is 2.43. The number of fused-ring (bicyclic) bond motifs is 1. The van der Waals surface area contributed by atoms with E-state index in [1.165, 1.54) is 5.56 Å². The zero-order valence-electron chi connectivity index (χ0n) is 13.4. The van der Waals surface area contributed by atoms with Crippen molar-refractivity contribution >= 4 is 22.6 Å². The van der Waals surface area contributed by atoms with Gasteiger partial charge in [-0.2, -0.15) is 9.36 Å². The molecule has 1 atom stereocenters. The van der Waals surface area contributed by atoms with Crippen LogP contribution < -0.4 is 14.8 Å². The maximum atomic E-state index is 12.4. The van der Waals surface area contributed by atoms with Crippen LogP contribution >= 0.6 is 11.5 Å². The summed E-state index contributed by atoms with van der Waals surface area (Å²) in [5.41, 5.74) is 2.08. The molecule has 0 unspecified atom stereocenters. The molecule has 0 saturated heterocycles. The molecule has 1 aliphatic heterocycles. The number of hydrogen-bond acceptors (Lipinski definition) is 6. The standard InChI is InChI=1S/C18H15N3O3S/c1-11-6-8-12(9-7-11)16-19-18(25-21-16)20-17(22)15-10-23-13-4-2-3-5-14(13)24-15/h2-9,15H,10H2,1H3,(H,19,20,21,22)/t15-/m1/s1. The molecular formula is C18H15N3O3S. The number of benzene rings is 2. The van der Waals surface area contributed by atoms with Gasteiger partial charge in [-0.05, 0) is 19.1 Å². The Morgan fingerprint density at radius 3 is 2.72 bits per heavy atom. The van der Waals surface area contributed by atoms with Gasteiger partial charge in [-0.3, -0.25) is 10.1 Å². The average molecular weight is 353 g/mol. The highest BCUT2D eigenvalue weighted by molar-refractivity contribution is 7.10. The fraction of sp³-hybridized carbons (Fsp3) is 0.167. The maximum absolute atomic E-state index is 12.4. The van der Waals surface area contributed by atoms with Crippen LogP contribution in [-0.4, -0.2) is 28.0 Å². The summed E-state index contributed by atoms with van der Waals surface area (Å²) in [5, 5.41) is 3.18. The van der Waals surface area contributed by atoms with Crippen molar-refractivity contribution in [2.75, 3.05) is 11.9 Å². The zero-order chi connectivity index (χ0) is 17.2. The number of carbonyl (C=O) groups excluding carboxylic acids is 1. The molecule has 2 aromatic carbocycles. The lowest BCUT2D eigenvalue weighted by molar-refractivity contribution is -0.125. The van der Waals surface area contributed by atoms with Crippen LogP contribution in [0.15, 0.2) is 48.5 Å². The first-order chi connectivity index (χ1) is 12.2. The SMILES string of the molecule is Cc1ccc(-c2nsc(NC(=O)[C@H]3COc4ccccc4O3)n2)cc1. The van der Waals surface area contributed by atoms with Gasteiger partial charge in [0.25, 0.3) is 5.91 Å². The summed E-state index contributed by atoms with van der Waals surface area (Å²) in [7, 11) is 0. The molecule has 4 rings (SSSR count). The molecule has 7 heteroatoms. The number of rotatable bonds is 3. The van der Waals surface area contributed by atoms with Crippen LogP contribution in [0.4, 0.5) is 5.13 Å². The number of anilines is 1. The largest absolute Gasteiger partial charge is 0.485 e. The number of hydrogen-bond donors (Lipinski definition) is 1. The van der Waals surface area contributed by atoms with Crippen molar-refractivity contribution in [3.05, 3.63) is 54.1 Å².